The first-order valence-electron chi connectivity index (χ1n) is 4.47. The maximum atomic E-state index is 12.3. The number of alkyl halides is 4. The lowest BCUT2D eigenvalue weighted by Crippen LogP contribution is -2.39. The molecule has 0 heterocycles. The number of nitrogens with two attached hydrogens (primary N) is 1. The van der Waals surface area contributed by atoms with Gasteiger partial charge in [0, 0.05) is 0 Å². The topological polar surface area (TPSA) is 38.0 Å². The molecule has 86 valence electrons. The summed E-state index contributed by atoms with van der Waals surface area (Å²) in [6.07, 6.45) is -3.00. The van der Waals surface area contributed by atoms with Crippen LogP contribution in [0.25, 0.3) is 0 Å². The van der Waals surface area contributed by atoms with Crippen LogP contribution < -0.4 is 11.1 Å². The number of hydrogen-bond donors (Lipinski definition) is 2. The van der Waals surface area contributed by atoms with Crippen molar-refractivity contribution in [2.75, 3.05) is 19.6 Å². The molecule has 14 heavy (non-hydrogen) atoms. The maximum absolute atomic E-state index is 12.3. The monoisotopic (exact) mass is 216 g/mol. The van der Waals surface area contributed by atoms with Crippen LogP contribution in [-0.2, 0) is 0 Å². The zero-order chi connectivity index (χ0) is 11.2. The maximum Gasteiger partial charge on any atom is 0.319 e. The molecule has 0 bridgehead atoms. The molecule has 0 aromatic carbocycles. The lowest BCUT2D eigenvalue weighted by Gasteiger charge is -2.16. The summed E-state index contributed by atoms with van der Waals surface area (Å²) in [5, 5.41) is 2.29. The van der Waals surface area contributed by atoms with Crippen molar-refractivity contribution >= 4 is 0 Å². The van der Waals surface area contributed by atoms with Gasteiger partial charge in [-0.1, -0.05) is 6.92 Å². The molecule has 0 rings (SSSR count). The van der Waals surface area contributed by atoms with E-state index in [1.165, 1.54) is 0 Å². The minimum atomic E-state index is -3.94. The normalized spacial score (nSPS) is 14.8. The minimum Gasteiger partial charge on any atom is -0.330 e. The lowest BCUT2D eigenvalue weighted by molar-refractivity contribution is -0.125. The van der Waals surface area contributed by atoms with Gasteiger partial charge in [0.2, 0.25) is 0 Å². The van der Waals surface area contributed by atoms with Crippen LogP contribution in [0.4, 0.5) is 17.6 Å². The molecular formula is C8H16F4N2. The summed E-state index contributed by atoms with van der Waals surface area (Å²) in [5.74, 6) is -3.73. The van der Waals surface area contributed by atoms with Crippen molar-refractivity contribution in [2.24, 2.45) is 11.7 Å². The molecule has 0 saturated carbocycles. The van der Waals surface area contributed by atoms with Crippen molar-refractivity contribution in [3.63, 3.8) is 0 Å². The van der Waals surface area contributed by atoms with Crippen LogP contribution in [0.2, 0.25) is 0 Å². The smallest absolute Gasteiger partial charge is 0.319 e. The Balaban J connectivity index is 3.54. The summed E-state index contributed by atoms with van der Waals surface area (Å²) in [6.45, 7) is 1.63. The molecule has 6 heteroatoms. The van der Waals surface area contributed by atoms with Crippen LogP contribution >= 0.6 is 0 Å². The van der Waals surface area contributed by atoms with Gasteiger partial charge in [-0.05, 0) is 25.4 Å². The van der Waals surface area contributed by atoms with Gasteiger partial charge in [-0.15, -0.1) is 0 Å². The Hall–Kier alpha value is -0.360. The number of nitrogens with one attached hydrogen (secondary N) is 1. The summed E-state index contributed by atoms with van der Waals surface area (Å²) in [6, 6.07) is 0. The molecule has 0 amide bonds. The van der Waals surface area contributed by atoms with E-state index in [9.17, 15) is 17.6 Å². The van der Waals surface area contributed by atoms with Crippen molar-refractivity contribution in [3.05, 3.63) is 0 Å². The number of halogens is 4. The molecule has 3 N–H and O–H groups in total. The Morgan fingerprint density at radius 3 is 2.36 bits per heavy atom. The summed E-state index contributed by atoms with van der Waals surface area (Å²) < 4.78 is 47.9. The highest BCUT2D eigenvalue weighted by Crippen LogP contribution is 2.21. The largest absolute Gasteiger partial charge is 0.330 e. The second-order valence-electron chi connectivity index (χ2n) is 3.37. The number of hydrogen-bond acceptors (Lipinski definition) is 2. The van der Waals surface area contributed by atoms with Gasteiger partial charge in [0.05, 0.1) is 6.54 Å². The van der Waals surface area contributed by atoms with Gasteiger partial charge in [0.1, 0.15) is 0 Å². The molecular weight excluding hydrogens is 200 g/mol. The second kappa shape index (κ2) is 6.19. The molecule has 0 radical (unpaired) electrons. The Bertz CT molecular complexity index is 152. The third kappa shape index (κ3) is 5.39. The summed E-state index contributed by atoms with van der Waals surface area (Å²) >= 11 is 0. The van der Waals surface area contributed by atoms with E-state index < -0.39 is 18.9 Å². The number of rotatable bonds is 7. The van der Waals surface area contributed by atoms with Crippen molar-refractivity contribution in [3.8, 4) is 0 Å². The van der Waals surface area contributed by atoms with E-state index in [4.69, 9.17) is 5.73 Å². The SMILES string of the molecule is CC(CN)CCNCC(F)(F)C(F)F. The second-order valence-corrected chi connectivity index (χ2v) is 3.37. The van der Waals surface area contributed by atoms with Crippen LogP contribution in [0.1, 0.15) is 13.3 Å². The molecule has 1 unspecified atom stereocenters. The summed E-state index contributed by atoms with van der Waals surface area (Å²) in [4.78, 5) is 0. The highest BCUT2D eigenvalue weighted by molar-refractivity contribution is 4.72. The van der Waals surface area contributed by atoms with Gasteiger partial charge in [0.15, 0.2) is 0 Å². The van der Waals surface area contributed by atoms with E-state index in [0.29, 0.717) is 13.0 Å². The van der Waals surface area contributed by atoms with Crippen molar-refractivity contribution < 1.29 is 17.6 Å². The Labute approximate surface area is 80.8 Å². The molecule has 0 fully saturated rings. The molecule has 0 aliphatic heterocycles. The molecule has 0 saturated heterocycles. The van der Waals surface area contributed by atoms with Crippen LogP contribution in [-0.4, -0.2) is 32.0 Å². The minimum absolute atomic E-state index is 0.211. The zero-order valence-corrected chi connectivity index (χ0v) is 8.07. The Morgan fingerprint density at radius 1 is 1.36 bits per heavy atom. The van der Waals surface area contributed by atoms with E-state index in [-0.39, 0.29) is 12.5 Å². The third-order valence-corrected chi connectivity index (χ3v) is 1.90. The Morgan fingerprint density at radius 2 is 1.93 bits per heavy atom. The first-order chi connectivity index (χ1) is 6.40. The summed E-state index contributed by atoms with van der Waals surface area (Å²) in [7, 11) is 0. The predicted octanol–water partition coefficient (Wildman–Crippen LogP) is 1.46. The molecule has 0 spiro atoms. The van der Waals surface area contributed by atoms with Crippen LogP contribution in [0.5, 0.6) is 0 Å². The van der Waals surface area contributed by atoms with Gasteiger partial charge >= 0.3 is 12.3 Å². The van der Waals surface area contributed by atoms with Crippen LogP contribution in [0, 0.1) is 5.92 Å². The van der Waals surface area contributed by atoms with Crippen molar-refractivity contribution in [2.45, 2.75) is 25.7 Å². The highest BCUT2D eigenvalue weighted by atomic mass is 19.3. The molecule has 0 aromatic heterocycles. The highest BCUT2D eigenvalue weighted by Gasteiger charge is 2.39. The van der Waals surface area contributed by atoms with Gasteiger partial charge < -0.3 is 11.1 Å². The fourth-order valence-corrected chi connectivity index (χ4v) is 0.799. The molecule has 0 aromatic rings. The van der Waals surface area contributed by atoms with Gasteiger partial charge in [-0.25, -0.2) is 8.78 Å². The van der Waals surface area contributed by atoms with E-state index in [0.717, 1.165) is 0 Å². The van der Waals surface area contributed by atoms with Crippen LogP contribution in [0.15, 0.2) is 0 Å². The lowest BCUT2D eigenvalue weighted by atomic mass is 10.1. The summed E-state index contributed by atoms with van der Waals surface area (Å²) in [5.41, 5.74) is 5.29. The average molecular weight is 216 g/mol. The average Bonchev–Trinajstić information content (AvgIpc) is 2.11. The third-order valence-electron chi connectivity index (χ3n) is 1.90. The van der Waals surface area contributed by atoms with Crippen molar-refractivity contribution in [1.29, 1.82) is 0 Å². The van der Waals surface area contributed by atoms with E-state index in [1.54, 1.807) is 0 Å². The molecule has 0 aliphatic carbocycles. The molecule has 0 aliphatic rings. The Kier molecular flexibility index (Phi) is 6.03. The fourth-order valence-electron chi connectivity index (χ4n) is 0.799. The van der Waals surface area contributed by atoms with E-state index in [1.807, 2.05) is 6.92 Å². The molecule has 2 nitrogen and oxygen atoms in total. The predicted molar refractivity (Wildman–Crippen MR) is 46.7 cm³/mol. The van der Waals surface area contributed by atoms with E-state index >= 15 is 0 Å². The fraction of sp³-hybridized carbons (Fsp3) is 1.00. The standard InChI is InChI=1S/C8H16F4N2/c1-6(4-13)2-3-14-5-8(11,12)7(9)10/h6-7,14H,2-5,13H2,1H3. The van der Waals surface area contributed by atoms with Gasteiger partial charge in [-0.2, -0.15) is 8.78 Å². The first-order valence-corrected chi connectivity index (χ1v) is 4.47. The van der Waals surface area contributed by atoms with Crippen LogP contribution in [0.3, 0.4) is 0 Å². The van der Waals surface area contributed by atoms with Gasteiger partial charge in [-0.3, -0.25) is 0 Å². The quantitative estimate of drug-likeness (QED) is 0.499. The first kappa shape index (κ1) is 13.6. The van der Waals surface area contributed by atoms with Gasteiger partial charge in [0.25, 0.3) is 0 Å². The van der Waals surface area contributed by atoms with E-state index in [2.05, 4.69) is 5.32 Å². The zero-order valence-electron chi connectivity index (χ0n) is 8.07. The molecule has 1 atom stereocenters. The van der Waals surface area contributed by atoms with Crippen molar-refractivity contribution in [1.82, 2.24) is 5.32 Å².